The minimum atomic E-state index is -3.57. The third kappa shape index (κ3) is 3.34. The van der Waals surface area contributed by atoms with E-state index in [2.05, 4.69) is 14.8 Å². The number of rotatable bonds is 5. The van der Waals surface area contributed by atoms with Crippen LogP contribution in [0.25, 0.3) is 0 Å². The van der Waals surface area contributed by atoms with Crippen molar-refractivity contribution in [2.24, 2.45) is 7.05 Å². The largest absolute Gasteiger partial charge is 0.399 e. The second-order valence-electron chi connectivity index (χ2n) is 4.51. The first-order valence-corrected chi connectivity index (χ1v) is 7.57. The average molecular weight is 295 g/mol. The van der Waals surface area contributed by atoms with Gasteiger partial charge in [-0.25, -0.2) is 18.1 Å². The molecule has 0 unspecified atom stereocenters. The highest BCUT2D eigenvalue weighted by Crippen LogP contribution is 2.17. The Morgan fingerprint density at radius 1 is 1.40 bits per heavy atom. The summed E-state index contributed by atoms with van der Waals surface area (Å²) in [7, 11) is -1.81. The van der Waals surface area contributed by atoms with Crippen LogP contribution in [0.15, 0.2) is 29.4 Å². The maximum absolute atomic E-state index is 12.2. The van der Waals surface area contributed by atoms with E-state index < -0.39 is 10.0 Å². The molecule has 0 aliphatic heterocycles. The number of nitrogens with one attached hydrogen (secondary N) is 1. The molecule has 1 aromatic carbocycles. The zero-order valence-electron chi connectivity index (χ0n) is 11.4. The van der Waals surface area contributed by atoms with Crippen molar-refractivity contribution in [3.05, 3.63) is 35.9 Å². The van der Waals surface area contributed by atoms with Gasteiger partial charge in [-0.15, -0.1) is 0 Å². The summed E-state index contributed by atoms with van der Waals surface area (Å²) in [6.45, 7) is 1.97. The molecule has 0 spiro atoms. The Morgan fingerprint density at radius 2 is 2.15 bits per heavy atom. The van der Waals surface area contributed by atoms with E-state index in [9.17, 15) is 8.42 Å². The van der Waals surface area contributed by atoms with Crippen molar-refractivity contribution < 1.29 is 8.42 Å². The van der Waals surface area contributed by atoms with Crippen molar-refractivity contribution in [2.45, 2.75) is 18.2 Å². The first-order valence-electron chi connectivity index (χ1n) is 6.09. The molecule has 0 aliphatic rings. The van der Waals surface area contributed by atoms with Crippen LogP contribution in [0.1, 0.15) is 11.4 Å². The van der Waals surface area contributed by atoms with E-state index in [0.717, 1.165) is 0 Å². The molecular weight excluding hydrogens is 278 g/mol. The molecule has 108 valence electrons. The van der Waals surface area contributed by atoms with Gasteiger partial charge >= 0.3 is 0 Å². The molecule has 3 N–H and O–H groups in total. The van der Waals surface area contributed by atoms with Gasteiger partial charge in [-0.3, -0.25) is 4.68 Å². The number of anilines is 1. The predicted octanol–water partition coefficient (Wildman–Crippen LogP) is 0.227. The Hall–Kier alpha value is -1.93. The van der Waals surface area contributed by atoms with Crippen molar-refractivity contribution in [1.29, 1.82) is 0 Å². The summed E-state index contributed by atoms with van der Waals surface area (Å²) in [5.41, 5.74) is 6.71. The maximum atomic E-state index is 12.2. The number of aromatic nitrogens is 3. The average Bonchev–Trinajstić information content (AvgIpc) is 2.78. The molecule has 0 bridgehead atoms. The third-order valence-electron chi connectivity index (χ3n) is 2.79. The van der Waals surface area contributed by atoms with Gasteiger partial charge in [-0.1, -0.05) is 6.07 Å². The van der Waals surface area contributed by atoms with Gasteiger partial charge in [0.25, 0.3) is 0 Å². The normalized spacial score (nSPS) is 11.7. The lowest BCUT2D eigenvalue weighted by Crippen LogP contribution is -2.27. The standard InChI is InChI=1S/C12H17N5O2S/c1-9-3-4-10(13)7-11(9)20(18,19)15-6-5-12-14-8-17(2)16-12/h3-4,7-8,15H,5-6,13H2,1-2H3. The monoisotopic (exact) mass is 295 g/mol. The summed E-state index contributed by atoms with van der Waals surface area (Å²) in [6, 6.07) is 4.81. The van der Waals surface area contributed by atoms with Crippen molar-refractivity contribution >= 4 is 15.7 Å². The molecule has 0 saturated carbocycles. The Morgan fingerprint density at radius 3 is 2.80 bits per heavy atom. The maximum Gasteiger partial charge on any atom is 0.240 e. The van der Waals surface area contributed by atoms with Gasteiger partial charge in [-0.2, -0.15) is 5.10 Å². The van der Waals surface area contributed by atoms with Crippen LogP contribution in [-0.4, -0.2) is 29.7 Å². The Balaban J connectivity index is 2.06. The van der Waals surface area contributed by atoms with Crippen LogP contribution in [-0.2, 0) is 23.5 Å². The zero-order valence-corrected chi connectivity index (χ0v) is 12.2. The molecule has 1 aromatic heterocycles. The molecule has 0 fully saturated rings. The lowest BCUT2D eigenvalue weighted by atomic mass is 10.2. The Labute approximate surface area is 117 Å². The minimum absolute atomic E-state index is 0.200. The fourth-order valence-corrected chi connectivity index (χ4v) is 3.09. The molecule has 0 saturated heterocycles. The first-order chi connectivity index (χ1) is 9.38. The smallest absolute Gasteiger partial charge is 0.240 e. The number of sulfonamides is 1. The van der Waals surface area contributed by atoms with Crippen LogP contribution in [0.4, 0.5) is 5.69 Å². The van der Waals surface area contributed by atoms with E-state index in [0.29, 0.717) is 23.5 Å². The molecule has 7 nitrogen and oxygen atoms in total. The number of nitrogens with two attached hydrogens (primary N) is 1. The van der Waals surface area contributed by atoms with Gasteiger partial charge in [0.2, 0.25) is 10.0 Å². The SMILES string of the molecule is Cc1ccc(N)cc1S(=O)(=O)NCCc1ncn(C)n1. The van der Waals surface area contributed by atoms with E-state index in [1.54, 1.807) is 37.1 Å². The second kappa shape index (κ2) is 5.59. The fourth-order valence-electron chi connectivity index (χ4n) is 1.78. The highest BCUT2D eigenvalue weighted by atomic mass is 32.2. The van der Waals surface area contributed by atoms with Gasteiger partial charge in [0, 0.05) is 25.7 Å². The van der Waals surface area contributed by atoms with Gasteiger partial charge in [0.1, 0.15) is 6.33 Å². The first kappa shape index (κ1) is 14.5. The summed E-state index contributed by atoms with van der Waals surface area (Å²) >= 11 is 0. The lowest BCUT2D eigenvalue weighted by molar-refractivity contribution is 0.580. The van der Waals surface area contributed by atoms with Gasteiger partial charge in [0.15, 0.2) is 5.82 Å². The van der Waals surface area contributed by atoms with E-state index in [-0.39, 0.29) is 11.4 Å². The zero-order chi connectivity index (χ0) is 14.8. The van der Waals surface area contributed by atoms with Crippen molar-refractivity contribution in [2.75, 3.05) is 12.3 Å². The van der Waals surface area contributed by atoms with Crippen molar-refractivity contribution in [3.63, 3.8) is 0 Å². The second-order valence-corrected chi connectivity index (χ2v) is 6.24. The molecular formula is C12H17N5O2S. The molecule has 0 radical (unpaired) electrons. The van der Waals surface area contributed by atoms with Gasteiger partial charge in [0.05, 0.1) is 4.90 Å². The van der Waals surface area contributed by atoms with Crippen LogP contribution < -0.4 is 10.5 Å². The number of benzene rings is 1. The highest BCUT2D eigenvalue weighted by molar-refractivity contribution is 7.89. The third-order valence-corrected chi connectivity index (χ3v) is 4.39. The van der Waals surface area contributed by atoms with E-state index >= 15 is 0 Å². The molecule has 1 heterocycles. The van der Waals surface area contributed by atoms with Crippen molar-refractivity contribution in [1.82, 2.24) is 19.5 Å². The van der Waals surface area contributed by atoms with Crippen LogP contribution in [0.5, 0.6) is 0 Å². The summed E-state index contributed by atoms with van der Waals surface area (Å²) in [6.07, 6.45) is 2.01. The highest BCUT2D eigenvalue weighted by Gasteiger charge is 2.16. The Bertz CT molecular complexity index is 708. The van der Waals surface area contributed by atoms with Crippen LogP contribution in [0, 0.1) is 6.92 Å². The van der Waals surface area contributed by atoms with Crippen LogP contribution in [0.2, 0.25) is 0 Å². The summed E-state index contributed by atoms with van der Waals surface area (Å²) in [5.74, 6) is 0.597. The van der Waals surface area contributed by atoms with Gasteiger partial charge in [-0.05, 0) is 24.6 Å². The number of hydrogen-bond donors (Lipinski definition) is 2. The van der Waals surface area contributed by atoms with Crippen molar-refractivity contribution in [3.8, 4) is 0 Å². The minimum Gasteiger partial charge on any atom is -0.399 e. The molecule has 0 atom stereocenters. The molecule has 20 heavy (non-hydrogen) atoms. The number of nitrogen functional groups attached to an aromatic ring is 1. The number of nitrogens with zero attached hydrogens (tertiary/aromatic N) is 3. The lowest BCUT2D eigenvalue weighted by Gasteiger charge is -2.09. The topological polar surface area (TPSA) is 103 Å². The molecule has 0 aliphatic carbocycles. The fraction of sp³-hybridized carbons (Fsp3) is 0.333. The molecule has 2 rings (SSSR count). The van der Waals surface area contributed by atoms with Crippen LogP contribution >= 0.6 is 0 Å². The van der Waals surface area contributed by atoms with E-state index in [4.69, 9.17) is 5.73 Å². The number of hydrogen-bond acceptors (Lipinski definition) is 5. The Kier molecular flexibility index (Phi) is 4.05. The summed E-state index contributed by atoms with van der Waals surface area (Å²) in [4.78, 5) is 4.24. The summed E-state index contributed by atoms with van der Waals surface area (Å²) in [5, 5.41) is 4.09. The van der Waals surface area contributed by atoms with Crippen LogP contribution in [0.3, 0.4) is 0 Å². The molecule has 2 aromatic rings. The van der Waals surface area contributed by atoms with E-state index in [1.807, 2.05) is 0 Å². The van der Waals surface area contributed by atoms with E-state index in [1.165, 1.54) is 6.07 Å². The summed E-state index contributed by atoms with van der Waals surface area (Å²) < 4.78 is 28.5. The number of aryl methyl sites for hydroxylation is 2. The quantitative estimate of drug-likeness (QED) is 0.768. The van der Waals surface area contributed by atoms with Gasteiger partial charge < -0.3 is 5.73 Å². The molecule has 8 heteroatoms. The predicted molar refractivity (Wildman–Crippen MR) is 75.5 cm³/mol. The molecule has 0 amide bonds.